The lowest BCUT2D eigenvalue weighted by atomic mass is 9.98. The first kappa shape index (κ1) is 12.4. The van der Waals surface area contributed by atoms with Gasteiger partial charge in [0.15, 0.2) is 0 Å². The van der Waals surface area contributed by atoms with Crippen LogP contribution in [0.15, 0.2) is 11.1 Å². The number of carbonyl (C=O) groups is 1. The molecule has 13 heavy (non-hydrogen) atoms. The van der Waals surface area contributed by atoms with E-state index in [1.807, 2.05) is 6.92 Å². The maximum Gasteiger partial charge on any atom is 0.145 e. The van der Waals surface area contributed by atoms with Gasteiger partial charge >= 0.3 is 0 Å². The molecule has 1 heteroatoms. The van der Waals surface area contributed by atoms with E-state index in [9.17, 15) is 4.79 Å². The zero-order valence-electron chi connectivity index (χ0n) is 9.23. The van der Waals surface area contributed by atoms with Gasteiger partial charge < -0.3 is 0 Å². The minimum absolute atomic E-state index is 0.960. The Morgan fingerprint density at radius 2 is 1.54 bits per heavy atom. The number of carbonyl (C=O) groups excluding carboxylic acids is 1. The van der Waals surface area contributed by atoms with E-state index in [0.717, 1.165) is 24.7 Å². The van der Waals surface area contributed by atoms with Crippen LogP contribution in [-0.2, 0) is 4.79 Å². The number of aldehydes is 1. The molecule has 0 aromatic carbocycles. The largest absolute Gasteiger partial charge is 0.298 e. The summed E-state index contributed by atoms with van der Waals surface area (Å²) in [4.78, 5) is 10.6. The van der Waals surface area contributed by atoms with Gasteiger partial charge in [-0.1, -0.05) is 32.3 Å². The second-order valence-corrected chi connectivity index (χ2v) is 3.61. The average Bonchev–Trinajstić information content (AvgIpc) is 2.17. The third-order valence-corrected chi connectivity index (χ3v) is 2.40. The second kappa shape index (κ2) is 8.03. The van der Waals surface area contributed by atoms with Gasteiger partial charge in [-0.05, 0) is 38.2 Å². The lowest BCUT2D eigenvalue weighted by Crippen LogP contribution is -1.91. The summed E-state index contributed by atoms with van der Waals surface area (Å²) >= 11 is 0. The molecule has 0 saturated carbocycles. The number of rotatable bonds is 7. The van der Waals surface area contributed by atoms with Crippen molar-refractivity contribution >= 4 is 6.29 Å². The van der Waals surface area contributed by atoms with Crippen LogP contribution in [0.2, 0.25) is 0 Å². The summed E-state index contributed by atoms with van der Waals surface area (Å²) in [6.45, 7) is 6.31. The zero-order chi connectivity index (χ0) is 10.1. The van der Waals surface area contributed by atoms with Crippen LogP contribution in [0.3, 0.4) is 0 Å². The molecule has 0 aliphatic heterocycles. The van der Waals surface area contributed by atoms with E-state index in [2.05, 4.69) is 13.8 Å². The minimum Gasteiger partial charge on any atom is -0.298 e. The molecule has 0 N–H and O–H groups in total. The molecule has 1 nitrogen and oxygen atoms in total. The molecule has 0 aromatic heterocycles. The normalized spacial score (nSPS) is 9.77. The van der Waals surface area contributed by atoms with Crippen LogP contribution >= 0.6 is 0 Å². The van der Waals surface area contributed by atoms with Gasteiger partial charge in [-0.15, -0.1) is 0 Å². The summed E-state index contributed by atoms with van der Waals surface area (Å²) in [5.41, 5.74) is 2.33. The quantitative estimate of drug-likeness (QED) is 0.431. The highest BCUT2D eigenvalue weighted by atomic mass is 16.1. The van der Waals surface area contributed by atoms with E-state index in [1.165, 1.54) is 31.3 Å². The Kier molecular flexibility index (Phi) is 7.66. The summed E-state index contributed by atoms with van der Waals surface area (Å²) < 4.78 is 0. The van der Waals surface area contributed by atoms with Crippen molar-refractivity contribution < 1.29 is 4.79 Å². The van der Waals surface area contributed by atoms with Gasteiger partial charge in [-0.25, -0.2) is 0 Å². The van der Waals surface area contributed by atoms with Gasteiger partial charge in [0.25, 0.3) is 0 Å². The Labute approximate surface area is 82.2 Å². The molecule has 0 aromatic rings. The van der Waals surface area contributed by atoms with Crippen LogP contribution in [0.25, 0.3) is 0 Å². The van der Waals surface area contributed by atoms with Crippen molar-refractivity contribution in [1.29, 1.82) is 0 Å². The molecule has 0 bridgehead atoms. The predicted octanol–water partition coefficient (Wildman–Crippen LogP) is 3.88. The zero-order valence-corrected chi connectivity index (χ0v) is 9.23. The fraction of sp³-hybridized carbons (Fsp3) is 0.750. The van der Waals surface area contributed by atoms with Gasteiger partial charge in [0.1, 0.15) is 6.29 Å². The SMILES string of the molecule is CCCCC(CCCC)=C(C)C=O. The van der Waals surface area contributed by atoms with E-state index in [4.69, 9.17) is 0 Å². The predicted molar refractivity (Wildman–Crippen MR) is 57.8 cm³/mol. The van der Waals surface area contributed by atoms with Gasteiger partial charge in [0.2, 0.25) is 0 Å². The molecule has 0 aliphatic carbocycles. The fourth-order valence-electron chi connectivity index (χ4n) is 1.38. The Balaban J connectivity index is 4.10. The van der Waals surface area contributed by atoms with E-state index in [1.54, 1.807) is 0 Å². The van der Waals surface area contributed by atoms with Crippen LogP contribution in [0, 0.1) is 0 Å². The van der Waals surface area contributed by atoms with Crippen molar-refractivity contribution in [2.24, 2.45) is 0 Å². The van der Waals surface area contributed by atoms with E-state index in [-0.39, 0.29) is 0 Å². The summed E-state index contributed by atoms with van der Waals surface area (Å²) in [7, 11) is 0. The first-order chi connectivity index (χ1) is 6.26. The standard InChI is InChI=1S/C12H22O/c1-4-6-8-12(9-7-5-2)11(3)10-13/h10H,4-9H2,1-3H3. The third-order valence-electron chi connectivity index (χ3n) is 2.40. The number of unbranched alkanes of at least 4 members (excludes halogenated alkanes) is 2. The molecule has 0 heterocycles. The molecule has 0 amide bonds. The summed E-state index contributed by atoms with van der Waals surface area (Å²) in [5.74, 6) is 0. The number of hydrogen-bond acceptors (Lipinski definition) is 1. The topological polar surface area (TPSA) is 17.1 Å². The molecule has 0 radical (unpaired) electrons. The van der Waals surface area contributed by atoms with Crippen LogP contribution in [0.1, 0.15) is 59.3 Å². The Morgan fingerprint density at radius 1 is 1.08 bits per heavy atom. The fourth-order valence-corrected chi connectivity index (χ4v) is 1.38. The highest BCUT2D eigenvalue weighted by molar-refractivity contribution is 5.73. The van der Waals surface area contributed by atoms with Crippen molar-refractivity contribution in [2.45, 2.75) is 59.3 Å². The molecule has 0 rings (SSSR count). The van der Waals surface area contributed by atoms with Crippen LogP contribution in [0.4, 0.5) is 0 Å². The van der Waals surface area contributed by atoms with Crippen molar-refractivity contribution in [1.82, 2.24) is 0 Å². The molecule has 0 fully saturated rings. The van der Waals surface area contributed by atoms with Crippen molar-refractivity contribution in [3.05, 3.63) is 11.1 Å². The smallest absolute Gasteiger partial charge is 0.145 e. The van der Waals surface area contributed by atoms with Crippen molar-refractivity contribution in [2.75, 3.05) is 0 Å². The summed E-state index contributed by atoms with van der Waals surface area (Å²) in [6, 6.07) is 0. The van der Waals surface area contributed by atoms with E-state index >= 15 is 0 Å². The number of hydrogen-bond donors (Lipinski definition) is 0. The van der Waals surface area contributed by atoms with Gasteiger partial charge in [-0.3, -0.25) is 4.79 Å². The molecule has 0 unspecified atom stereocenters. The summed E-state index contributed by atoms with van der Waals surface area (Å²) in [6.07, 6.45) is 8.07. The van der Waals surface area contributed by atoms with Gasteiger partial charge in [0.05, 0.1) is 0 Å². The first-order valence-corrected chi connectivity index (χ1v) is 5.40. The highest BCUT2D eigenvalue weighted by Crippen LogP contribution is 2.17. The maximum absolute atomic E-state index is 10.6. The monoisotopic (exact) mass is 182 g/mol. The minimum atomic E-state index is 0.960. The second-order valence-electron chi connectivity index (χ2n) is 3.61. The molecular weight excluding hydrogens is 160 g/mol. The Hall–Kier alpha value is -0.590. The molecule has 0 aliphatic rings. The first-order valence-electron chi connectivity index (χ1n) is 5.40. The molecule has 0 spiro atoms. The van der Waals surface area contributed by atoms with E-state index < -0.39 is 0 Å². The van der Waals surface area contributed by atoms with Crippen LogP contribution < -0.4 is 0 Å². The van der Waals surface area contributed by atoms with Crippen LogP contribution in [0.5, 0.6) is 0 Å². The average molecular weight is 182 g/mol. The highest BCUT2D eigenvalue weighted by Gasteiger charge is 2.01. The van der Waals surface area contributed by atoms with Crippen LogP contribution in [-0.4, -0.2) is 6.29 Å². The maximum atomic E-state index is 10.6. The lowest BCUT2D eigenvalue weighted by Gasteiger charge is -2.07. The Morgan fingerprint density at radius 3 is 1.85 bits per heavy atom. The summed E-state index contributed by atoms with van der Waals surface area (Å²) in [5, 5.41) is 0. The van der Waals surface area contributed by atoms with Gasteiger partial charge in [-0.2, -0.15) is 0 Å². The van der Waals surface area contributed by atoms with Crippen molar-refractivity contribution in [3.8, 4) is 0 Å². The molecule has 0 atom stereocenters. The Bertz CT molecular complexity index is 158. The molecule has 76 valence electrons. The van der Waals surface area contributed by atoms with Gasteiger partial charge in [0, 0.05) is 0 Å². The number of allylic oxidation sites excluding steroid dienone is 2. The molecule has 0 saturated heterocycles. The molecular formula is C12H22O. The third kappa shape index (κ3) is 5.62. The van der Waals surface area contributed by atoms with E-state index in [0.29, 0.717) is 0 Å². The van der Waals surface area contributed by atoms with Crippen molar-refractivity contribution in [3.63, 3.8) is 0 Å². The lowest BCUT2D eigenvalue weighted by molar-refractivity contribution is -0.104.